The Morgan fingerprint density at radius 2 is 0.980 bits per heavy atom. The average Bonchev–Trinajstić information content (AvgIpc) is 3.05. The van der Waals surface area contributed by atoms with Gasteiger partial charge in [0.1, 0.15) is 44.3 Å². The number of hydrogen-bond acceptors (Lipinski definition) is 10. The van der Waals surface area contributed by atoms with Crippen molar-refractivity contribution in [2.24, 2.45) is 0 Å². The van der Waals surface area contributed by atoms with Gasteiger partial charge in [-0.15, -0.1) is 0 Å². The zero-order valence-corrected chi connectivity index (χ0v) is 31.8. The molecule has 3 N–H and O–H groups in total. The van der Waals surface area contributed by atoms with Crippen LogP contribution in [-0.2, 0) is 0 Å². The molecule has 0 unspecified atom stereocenters. The van der Waals surface area contributed by atoms with Gasteiger partial charge < -0.3 is 34.3 Å². The molecule has 0 aliphatic rings. The summed E-state index contributed by atoms with van der Waals surface area (Å²) in [6, 6.07) is 4.19. The summed E-state index contributed by atoms with van der Waals surface area (Å²) in [6.45, 7) is 16.6. The molecule has 0 spiro atoms. The molecule has 268 valence electrons. The minimum atomic E-state index is -1.06. The smallest absolute Gasteiger partial charge is 0.347 e. The zero-order valence-electron chi connectivity index (χ0n) is 30.2. The zero-order chi connectivity index (χ0) is 38.4. The van der Waals surface area contributed by atoms with Gasteiger partial charge in [-0.05, 0) is 153 Å². The van der Waals surface area contributed by atoms with Crippen LogP contribution in [0.4, 0.5) is 0 Å². The second-order valence-electron chi connectivity index (χ2n) is 12.5. The van der Waals surface area contributed by atoms with E-state index in [2.05, 4.69) is 15.9 Å². The van der Waals surface area contributed by atoms with Gasteiger partial charge in [-0.1, -0.05) is 0 Å². The summed E-state index contributed by atoms with van der Waals surface area (Å²) in [4.78, 5) is 52.4. The van der Waals surface area contributed by atoms with Gasteiger partial charge in [0, 0.05) is 6.07 Å². The van der Waals surface area contributed by atoms with E-state index in [0.717, 1.165) is 0 Å². The van der Waals surface area contributed by atoms with Gasteiger partial charge in [0.25, 0.3) is 0 Å². The minimum absolute atomic E-state index is 0.0275. The standard InChI is InChI=1S/C39H39BrO11/c1-15-12-25(41)14-27(48-11)29(15)38(46)51-35-24(10)21(7)31(33(42)32(35)40)39(47)49-26-13-16(2)28(18(4)17(26)3)37(45)50-34-22(8)19(5)30(36(43)44)20(6)23(34)9/h12-14,41-42H,1-11H3,(H,43,44). The molecule has 0 radical (unpaired) electrons. The highest BCUT2D eigenvalue weighted by Crippen LogP contribution is 2.44. The predicted molar refractivity (Wildman–Crippen MR) is 193 cm³/mol. The molecule has 0 saturated heterocycles. The SMILES string of the molecule is COc1cc(O)cc(C)c1C(=O)Oc1c(C)c(C)c(C(=O)Oc2cc(C)c(C(=O)Oc3c(C)c(C)c(C(=O)O)c(C)c3C)c(C)c2C)c(O)c1Br. The molecule has 11 nitrogen and oxygen atoms in total. The first-order valence-corrected chi connectivity index (χ1v) is 16.5. The van der Waals surface area contributed by atoms with Crippen molar-refractivity contribution in [2.45, 2.75) is 69.2 Å². The first-order valence-electron chi connectivity index (χ1n) is 15.7. The van der Waals surface area contributed by atoms with Crippen molar-refractivity contribution in [1.82, 2.24) is 0 Å². The Labute approximate surface area is 303 Å². The summed E-state index contributed by atoms with van der Waals surface area (Å²) >= 11 is 3.27. The first kappa shape index (κ1) is 38.4. The van der Waals surface area contributed by atoms with Crippen molar-refractivity contribution in [2.75, 3.05) is 7.11 Å². The molecule has 0 saturated carbocycles. The van der Waals surface area contributed by atoms with Gasteiger partial charge in [0.15, 0.2) is 5.75 Å². The number of hydrogen-bond donors (Lipinski definition) is 3. The Balaban J connectivity index is 1.66. The van der Waals surface area contributed by atoms with Crippen molar-refractivity contribution < 1.29 is 53.4 Å². The highest BCUT2D eigenvalue weighted by molar-refractivity contribution is 9.10. The lowest BCUT2D eigenvalue weighted by Crippen LogP contribution is -2.18. The second kappa shape index (κ2) is 14.5. The lowest BCUT2D eigenvalue weighted by atomic mass is 9.93. The second-order valence-corrected chi connectivity index (χ2v) is 13.2. The van der Waals surface area contributed by atoms with Crippen LogP contribution in [0, 0.1) is 69.2 Å². The number of methoxy groups -OCH3 is 1. The summed E-state index contributed by atoms with van der Waals surface area (Å²) in [5.74, 6) is -3.53. The fourth-order valence-corrected chi connectivity index (χ4v) is 6.68. The van der Waals surface area contributed by atoms with Gasteiger partial charge in [-0.25, -0.2) is 19.2 Å². The number of phenols is 2. The normalized spacial score (nSPS) is 10.9. The lowest BCUT2D eigenvalue weighted by Gasteiger charge is -2.20. The quantitative estimate of drug-likeness (QED) is 0.117. The summed E-state index contributed by atoms with van der Waals surface area (Å²) in [7, 11) is 1.35. The van der Waals surface area contributed by atoms with Crippen molar-refractivity contribution >= 4 is 39.8 Å². The van der Waals surface area contributed by atoms with Crippen LogP contribution in [0.5, 0.6) is 34.5 Å². The van der Waals surface area contributed by atoms with Gasteiger partial charge in [0.05, 0.1) is 18.2 Å². The highest BCUT2D eigenvalue weighted by Gasteiger charge is 2.30. The average molecular weight is 764 g/mol. The Kier molecular flexibility index (Phi) is 10.9. The first-order chi connectivity index (χ1) is 23.7. The Hall–Kier alpha value is -5.36. The Morgan fingerprint density at radius 3 is 1.53 bits per heavy atom. The molecule has 4 rings (SSSR count). The van der Waals surface area contributed by atoms with Crippen LogP contribution >= 0.6 is 15.9 Å². The number of carboxylic acid groups (broad SMARTS) is 1. The number of aromatic hydroxyl groups is 2. The molecule has 51 heavy (non-hydrogen) atoms. The monoisotopic (exact) mass is 762 g/mol. The van der Waals surface area contributed by atoms with E-state index in [1.165, 1.54) is 25.3 Å². The van der Waals surface area contributed by atoms with Crippen molar-refractivity contribution in [3.63, 3.8) is 0 Å². The van der Waals surface area contributed by atoms with E-state index in [-0.39, 0.29) is 61.0 Å². The van der Waals surface area contributed by atoms with Crippen LogP contribution in [0.25, 0.3) is 0 Å². The van der Waals surface area contributed by atoms with E-state index in [0.29, 0.717) is 50.1 Å². The van der Waals surface area contributed by atoms with Crippen LogP contribution in [0.2, 0.25) is 0 Å². The summed E-state index contributed by atoms with van der Waals surface area (Å²) < 4.78 is 22.6. The fraction of sp³-hybridized carbons (Fsp3) is 0.282. The molecule has 0 aliphatic carbocycles. The third-order valence-electron chi connectivity index (χ3n) is 9.45. The molecule has 0 atom stereocenters. The molecule has 0 amide bonds. The number of carbonyl (C=O) groups is 4. The molecule has 4 aromatic rings. The van der Waals surface area contributed by atoms with Crippen LogP contribution in [0.15, 0.2) is 22.7 Å². The molecule has 0 fully saturated rings. The van der Waals surface area contributed by atoms with Gasteiger partial charge in [-0.3, -0.25) is 0 Å². The van der Waals surface area contributed by atoms with E-state index in [1.807, 2.05) is 0 Å². The molecule has 4 aromatic carbocycles. The minimum Gasteiger partial charge on any atom is -0.508 e. The summed E-state index contributed by atoms with van der Waals surface area (Å²) in [5, 5.41) is 30.8. The number of phenolic OH excluding ortho intramolecular Hbond substituents is 2. The lowest BCUT2D eigenvalue weighted by molar-refractivity contribution is 0.0689. The summed E-state index contributed by atoms with van der Waals surface area (Å²) in [6.07, 6.45) is 0. The van der Waals surface area contributed by atoms with E-state index >= 15 is 0 Å². The maximum atomic E-state index is 13.6. The number of aryl methyl sites for hydroxylation is 2. The van der Waals surface area contributed by atoms with E-state index < -0.39 is 29.6 Å². The summed E-state index contributed by atoms with van der Waals surface area (Å²) in [5.41, 5.74) is 4.88. The Morgan fingerprint density at radius 1 is 0.529 bits per heavy atom. The molecule has 0 aromatic heterocycles. The van der Waals surface area contributed by atoms with Crippen LogP contribution in [0.1, 0.15) is 97.1 Å². The fourth-order valence-electron chi connectivity index (χ4n) is 6.10. The van der Waals surface area contributed by atoms with Gasteiger partial charge in [-0.2, -0.15) is 0 Å². The van der Waals surface area contributed by atoms with Crippen LogP contribution < -0.4 is 18.9 Å². The van der Waals surface area contributed by atoms with E-state index in [9.17, 15) is 34.5 Å². The molecular formula is C39H39BrO11. The number of ether oxygens (including phenoxy) is 4. The topological polar surface area (TPSA) is 166 Å². The third-order valence-corrected chi connectivity index (χ3v) is 10.2. The number of carbonyl (C=O) groups excluding carboxylic acids is 3. The molecular weight excluding hydrogens is 724 g/mol. The van der Waals surface area contributed by atoms with Gasteiger partial charge >= 0.3 is 23.9 Å². The molecule has 0 heterocycles. The third kappa shape index (κ3) is 6.88. The van der Waals surface area contributed by atoms with E-state index in [1.54, 1.807) is 69.2 Å². The van der Waals surface area contributed by atoms with Crippen molar-refractivity contribution in [3.8, 4) is 34.5 Å². The van der Waals surface area contributed by atoms with Crippen molar-refractivity contribution in [3.05, 3.63) is 101 Å². The number of aromatic carboxylic acids is 1. The number of halogens is 1. The number of benzene rings is 4. The Bertz CT molecular complexity index is 2120. The van der Waals surface area contributed by atoms with Crippen LogP contribution in [0.3, 0.4) is 0 Å². The highest BCUT2D eigenvalue weighted by atomic mass is 79.9. The van der Waals surface area contributed by atoms with E-state index in [4.69, 9.17) is 18.9 Å². The largest absolute Gasteiger partial charge is 0.508 e. The number of esters is 3. The molecule has 0 bridgehead atoms. The number of rotatable bonds is 8. The maximum absolute atomic E-state index is 13.6. The van der Waals surface area contributed by atoms with Crippen LogP contribution in [-0.4, -0.2) is 46.3 Å². The molecule has 12 heteroatoms. The van der Waals surface area contributed by atoms with Crippen molar-refractivity contribution in [1.29, 1.82) is 0 Å². The predicted octanol–water partition coefficient (Wildman–Crippen LogP) is 8.31. The molecule has 0 aliphatic heterocycles. The maximum Gasteiger partial charge on any atom is 0.347 e. The van der Waals surface area contributed by atoms with Gasteiger partial charge in [0.2, 0.25) is 0 Å². The number of carboxylic acids is 1.